The second-order valence-electron chi connectivity index (χ2n) is 9.40. The van der Waals surface area contributed by atoms with E-state index >= 15 is 0 Å². The Morgan fingerprint density at radius 3 is 2.26 bits per heavy atom. The molecule has 8 heteroatoms. The second kappa shape index (κ2) is 12.3. The van der Waals surface area contributed by atoms with Crippen molar-refractivity contribution in [2.45, 2.75) is 72.0 Å². The topological polar surface area (TPSA) is 58.6 Å². The molecule has 0 heterocycles. The van der Waals surface area contributed by atoms with E-state index in [0.717, 1.165) is 16.5 Å². The van der Waals surface area contributed by atoms with Crippen LogP contribution >= 0.6 is 39.1 Å². The van der Waals surface area contributed by atoms with Crippen LogP contribution < -0.4 is 10.1 Å². The second-order valence-corrected chi connectivity index (χ2v) is 11.1. The Hall–Kier alpha value is -1.76. The molecule has 0 spiro atoms. The van der Waals surface area contributed by atoms with Crippen molar-refractivity contribution in [2.75, 3.05) is 6.61 Å². The van der Waals surface area contributed by atoms with Crippen molar-refractivity contribution in [1.29, 1.82) is 0 Å². The summed E-state index contributed by atoms with van der Waals surface area (Å²) in [5, 5.41) is 3.80. The first-order chi connectivity index (χ1) is 15.8. The highest BCUT2D eigenvalue weighted by molar-refractivity contribution is 9.10. The van der Waals surface area contributed by atoms with Gasteiger partial charge in [0.2, 0.25) is 5.91 Å². The van der Waals surface area contributed by atoms with Crippen LogP contribution in [0.15, 0.2) is 40.9 Å². The van der Waals surface area contributed by atoms with Gasteiger partial charge in [-0.3, -0.25) is 9.59 Å². The Balaban J connectivity index is 2.25. The monoisotopic (exact) mass is 570 g/mol. The maximum absolute atomic E-state index is 13.3. The molecular weight excluding hydrogens is 539 g/mol. The number of nitrogens with one attached hydrogen (secondary N) is 1. The normalized spacial score (nSPS) is 13.2. The highest BCUT2D eigenvalue weighted by atomic mass is 79.9. The molecule has 2 amide bonds. The highest BCUT2D eigenvalue weighted by Crippen LogP contribution is 2.32. The highest BCUT2D eigenvalue weighted by Gasteiger charge is 2.28. The van der Waals surface area contributed by atoms with E-state index in [9.17, 15) is 9.59 Å². The van der Waals surface area contributed by atoms with Gasteiger partial charge >= 0.3 is 0 Å². The molecule has 0 unspecified atom stereocenters. The Morgan fingerprint density at radius 1 is 1.12 bits per heavy atom. The minimum Gasteiger partial charge on any atom is -0.483 e. The lowest BCUT2D eigenvalue weighted by Gasteiger charge is -2.30. The number of hydrogen-bond donors (Lipinski definition) is 1. The molecule has 0 saturated heterocycles. The van der Waals surface area contributed by atoms with Crippen molar-refractivity contribution in [1.82, 2.24) is 10.2 Å². The van der Waals surface area contributed by atoms with Crippen molar-refractivity contribution in [3.8, 4) is 5.75 Å². The molecule has 2 atom stereocenters. The molecule has 1 N–H and O–H groups in total. The number of rotatable bonds is 9. The number of ether oxygens (including phenoxy) is 1. The van der Waals surface area contributed by atoms with Crippen LogP contribution in [0.3, 0.4) is 0 Å². The molecule has 0 aliphatic rings. The summed E-state index contributed by atoms with van der Waals surface area (Å²) >= 11 is 16.2. The maximum Gasteiger partial charge on any atom is 0.261 e. The van der Waals surface area contributed by atoms with Crippen LogP contribution in [0.4, 0.5) is 0 Å². The fraction of sp³-hybridized carbons (Fsp3) is 0.462. The van der Waals surface area contributed by atoms with Crippen LogP contribution in [0, 0.1) is 0 Å². The van der Waals surface area contributed by atoms with E-state index in [1.54, 1.807) is 25.1 Å². The van der Waals surface area contributed by atoms with Crippen LogP contribution in [0.5, 0.6) is 5.75 Å². The molecule has 0 aromatic heterocycles. The third-order valence-corrected chi connectivity index (χ3v) is 7.04. The molecule has 0 aliphatic heterocycles. The molecule has 2 rings (SSSR count). The Kier molecular flexibility index (Phi) is 10.3. The van der Waals surface area contributed by atoms with Crippen LogP contribution in [-0.4, -0.2) is 35.4 Å². The molecule has 0 bridgehead atoms. The molecule has 0 fully saturated rings. The van der Waals surface area contributed by atoms with E-state index in [1.165, 1.54) is 4.90 Å². The van der Waals surface area contributed by atoms with Gasteiger partial charge < -0.3 is 15.0 Å². The van der Waals surface area contributed by atoms with Crippen LogP contribution in [-0.2, 0) is 21.5 Å². The van der Waals surface area contributed by atoms with E-state index in [-0.39, 0.29) is 36.4 Å². The Morgan fingerprint density at radius 2 is 1.74 bits per heavy atom. The van der Waals surface area contributed by atoms with Crippen LogP contribution in [0.2, 0.25) is 10.0 Å². The lowest BCUT2D eigenvalue weighted by atomic mass is 9.87. The van der Waals surface area contributed by atoms with Gasteiger partial charge in [-0.25, -0.2) is 0 Å². The first-order valence-corrected chi connectivity index (χ1v) is 12.9. The number of benzene rings is 2. The smallest absolute Gasteiger partial charge is 0.261 e. The first kappa shape index (κ1) is 28.5. The van der Waals surface area contributed by atoms with Gasteiger partial charge in [0.15, 0.2) is 6.61 Å². The largest absolute Gasteiger partial charge is 0.483 e. The van der Waals surface area contributed by atoms with Crippen molar-refractivity contribution in [2.24, 2.45) is 0 Å². The third kappa shape index (κ3) is 7.62. The third-order valence-electron chi connectivity index (χ3n) is 5.71. The van der Waals surface area contributed by atoms with Gasteiger partial charge in [-0.05, 0) is 71.4 Å². The Labute approximate surface area is 221 Å². The van der Waals surface area contributed by atoms with E-state index in [4.69, 9.17) is 27.9 Å². The minimum absolute atomic E-state index is 0.00987. The first-order valence-electron chi connectivity index (χ1n) is 11.3. The summed E-state index contributed by atoms with van der Waals surface area (Å²) in [5.74, 6) is -0.0510. The molecule has 34 heavy (non-hydrogen) atoms. The predicted octanol–water partition coefficient (Wildman–Crippen LogP) is 6.76. The summed E-state index contributed by atoms with van der Waals surface area (Å²) in [6.45, 7) is 11.8. The maximum atomic E-state index is 13.3. The molecule has 0 radical (unpaired) electrons. The van der Waals surface area contributed by atoms with Crippen molar-refractivity contribution in [3.05, 3.63) is 62.0 Å². The lowest BCUT2D eigenvalue weighted by Crippen LogP contribution is -2.50. The summed E-state index contributed by atoms with van der Waals surface area (Å²) in [7, 11) is 0. The van der Waals surface area contributed by atoms with Gasteiger partial charge in [-0.1, -0.05) is 63.0 Å². The number of halogens is 3. The fourth-order valence-corrected chi connectivity index (χ4v) is 4.22. The average Bonchev–Trinajstić information content (AvgIpc) is 2.76. The van der Waals surface area contributed by atoms with Crippen molar-refractivity contribution >= 4 is 50.9 Å². The van der Waals surface area contributed by atoms with Crippen LogP contribution in [0.1, 0.15) is 59.1 Å². The van der Waals surface area contributed by atoms with E-state index in [2.05, 4.69) is 42.0 Å². The van der Waals surface area contributed by atoms with Gasteiger partial charge in [-0.2, -0.15) is 0 Å². The fourth-order valence-electron chi connectivity index (χ4n) is 3.21. The summed E-state index contributed by atoms with van der Waals surface area (Å²) in [4.78, 5) is 27.6. The number of amides is 2. The van der Waals surface area contributed by atoms with Crippen molar-refractivity contribution < 1.29 is 14.3 Å². The molecule has 2 aromatic rings. The summed E-state index contributed by atoms with van der Waals surface area (Å²) in [5.41, 5.74) is 1.71. The molecule has 0 aliphatic carbocycles. The molecule has 0 saturated carbocycles. The zero-order valence-electron chi connectivity index (χ0n) is 20.5. The molecule has 2 aromatic carbocycles. The number of carbonyl (C=O) groups excluding carboxylic acids is 2. The lowest BCUT2D eigenvalue weighted by molar-refractivity contribution is -0.142. The van der Waals surface area contributed by atoms with Crippen molar-refractivity contribution in [3.63, 3.8) is 0 Å². The number of carbonyl (C=O) groups is 2. The average molecular weight is 572 g/mol. The number of nitrogens with zero attached hydrogens (tertiary/aromatic N) is 1. The summed E-state index contributed by atoms with van der Waals surface area (Å²) < 4.78 is 6.60. The van der Waals surface area contributed by atoms with Gasteiger partial charge in [0.25, 0.3) is 5.91 Å². The SMILES string of the molecule is CC[C@H](C)NC(=O)[C@H](C)N(Cc1c(Cl)cccc1Cl)C(=O)COc1ccc(C(C)(C)C)cc1Br. The zero-order chi connectivity index (χ0) is 25.6. The van der Waals surface area contributed by atoms with Crippen LogP contribution in [0.25, 0.3) is 0 Å². The van der Waals surface area contributed by atoms with Gasteiger partial charge in [0.1, 0.15) is 11.8 Å². The van der Waals surface area contributed by atoms with E-state index < -0.39 is 6.04 Å². The van der Waals surface area contributed by atoms with Gasteiger partial charge in [-0.15, -0.1) is 0 Å². The quantitative estimate of drug-likeness (QED) is 0.361. The molecular formula is C26H33BrCl2N2O3. The molecule has 5 nitrogen and oxygen atoms in total. The molecule has 186 valence electrons. The van der Waals surface area contributed by atoms with E-state index in [1.807, 2.05) is 32.0 Å². The minimum atomic E-state index is -0.746. The van der Waals surface area contributed by atoms with Gasteiger partial charge in [0, 0.05) is 28.2 Å². The Bertz CT molecular complexity index is 1000. The predicted molar refractivity (Wildman–Crippen MR) is 143 cm³/mol. The number of hydrogen-bond acceptors (Lipinski definition) is 3. The summed E-state index contributed by atoms with van der Waals surface area (Å²) in [6, 6.07) is 10.2. The van der Waals surface area contributed by atoms with E-state index in [0.29, 0.717) is 21.4 Å². The van der Waals surface area contributed by atoms with Gasteiger partial charge in [0.05, 0.1) is 4.47 Å². The summed E-state index contributed by atoms with van der Waals surface area (Å²) in [6.07, 6.45) is 0.782. The zero-order valence-corrected chi connectivity index (χ0v) is 23.6. The standard InChI is InChI=1S/C26H33BrCl2N2O3/c1-7-16(2)30-25(33)17(3)31(14-19-21(28)9-8-10-22(19)29)24(32)15-34-23-12-11-18(13-20(23)27)26(4,5)6/h8-13,16-17H,7,14-15H2,1-6H3,(H,30,33)/t16-,17-/m0/s1.